The highest BCUT2D eigenvalue weighted by molar-refractivity contribution is 7.10. The fourth-order valence-corrected chi connectivity index (χ4v) is 4.92. The van der Waals surface area contributed by atoms with E-state index in [1.807, 2.05) is 0 Å². The fraction of sp³-hybridized carbons (Fsp3) is 0.409. The number of nitrogens with zero attached hydrogens (tertiary/aromatic N) is 5. The number of amides is 1. The van der Waals surface area contributed by atoms with E-state index in [0.29, 0.717) is 38.2 Å². The van der Waals surface area contributed by atoms with E-state index in [-0.39, 0.29) is 11.9 Å². The number of halogens is 6. The average molecular weight is 562 g/mol. The second-order valence-electron chi connectivity index (χ2n) is 8.59. The number of rotatable bonds is 6. The van der Waals surface area contributed by atoms with Crippen molar-refractivity contribution in [2.24, 2.45) is 0 Å². The molecule has 2 N–H and O–H groups in total. The molecule has 16 heteroatoms. The maximum atomic E-state index is 13.3. The number of hydrogen-bond donors (Lipinski definition) is 2. The molecule has 204 valence electrons. The van der Waals surface area contributed by atoms with Gasteiger partial charge in [-0.15, -0.1) is 11.3 Å². The van der Waals surface area contributed by atoms with Gasteiger partial charge in [-0.2, -0.15) is 31.4 Å². The van der Waals surface area contributed by atoms with E-state index in [1.54, 1.807) is 33.3 Å². The lowest BCUT2D eigenvalue weighted by Crippen LogP contribution is -2.49. The van der Waals surface area contributed by atoms with E-state index < -0.39 is 40.8 Å². The quantitative estimate of drug-likeness (QED) is 0.443. The summed E-state index contributed by atoms with van der Waals surface area (Å²) in [6, 6.07) is 1.16. The number of thiophene rings is 1. The largest absolute Gasteiger partial charge is 0.423 e. The zero-order chi connectivity index (χ0) is 27.7. The first-order valence-electron chi connectivity index (χ1n) is 11.2. The second-order valence-corrected chi connectivity index (χ2v) is 9.58. The minimum absolute atomic E-state index is 0.147. The Bertz CT molecular complexity index is 1330. The number of hydrogen-bond acceptors (Lipinski definition) is 8. The third-order valence-electron chi connectivity index (χ3n) is 5.76. The lowest BCUT2D eigenvalue weighted by molar-refractivity contribution is -0.139. The molecular weight excluding hydrogens is 540 g/mol. The van der Waals surface area contributed by atoms with Gasteiger partial charge in [0.2, 0.25) is 5.95 Å². The third-order valence-corrected chi connectivity index (χ3v) is 6.72. The first-order valence-corrected chi connectivity index (χ1v) is 12.1. The summed E-state index contributed by atoms with van der Waals surface area (Å²) >= 11 is 1.28. The number of H-pyrrole nitrogens is 1. The topological polar surface area (TPSA) is 107 Å². The number of aromatic nitrogens is 4. The number of carbonyl (C=O) groups is 1. The standard InChI is InChI=1S/C22H21F6N7O2S/c1-12(32-16-10-31-33-18(36)17(16)22(26,27)28)6-15-7-13(11-38-15)19(37)34-2-4-35(5-3-34)20-29-8-14(9-30-20)21(23,24)25/h7-12H,2-6H2,1H3,(H2,32,33,36). The van der Waals surface area contributed by atoms with Crippen LogP contribution in [0.3, 0.4) is 0 Å². The summed E-state index contributed by atoms with van der Waals surface area (Å²) in [5.41, 5.74) is -3.66. The molecule has 9 nitrogen and oxygen atoms in total. The minimum Gasteiger partial charge on any atom is -0.380 e. The highest BCUT2D eigenvalue weighted by Crippen LogP contribution is 2.32. The van der Waals surface area contributed by atoms with Crippen LogP contribution in [-0.4, -0.2) is 63.2 Å². The number of nitrogens with one attached hydrogen (secondary N) is 2. The Kier molecular flexibility index (Phi) is 7.62. The molecule has 3 aromatic rings. The van der Waals surface area contributed by atoms with Gasteiger partial charge in [-0.05, 0) is 13.0 Å². The van der Waals surface area contributed by atoms with Crippen molar-refractivity contribution in [2.45, 2.75) is 31.7 Å². The third kappa shape index (κ3) is 6.23. The Morgan fingerprint density at radius 1 is 1.08 bits per heavy atom. The number of alkyl halides is 6. The van der Waals surface area contributed by atoms with Crippen molar-refractivity contribution >= 4 is 28.9 Å². The summed E-state index contributed by atoms with van der Waals surface area (Å²) in [4.78, 5) is 36.2. The minimum atomic E-state index is -4.86. The van der Waals surface area contributed by atoms with E-state index in [4.69, 9.17) is 0 Å². The van der Waals surface area contributed by atoms with E-state index in [1.165, 1.54) is 11.3 Å². The van der Waals surface area contributed by atoms with Crippen molar-refractivity contribution in [1.82, 2.24) is 25.1 Å². The Balaban J connectivity index is 1.33. The molecule has 4 heterocycles. The smallest absolute Gasteiger partial charge is 0.380 e. The van der Waals surface area contributed by atoms with Crippen LogP contribution in [0.2, 0.25) is 0 Å². The molecule has 1 amide bonds. The van der Waals surface area contributed by atoms with Crippen molar-refractivity contribution in [3.05, 3.63) is 62.0 Å². The van der Waals surface area contributed by atoms with Gasteiger partial charge in [-0.3, -0.25) is 9.59 Å². The molecule has 4 rings (SSSR count). The lowest BCUT2D eigenvalue weighted by atomic mass is 10.1. The predicted octanol–water partition coefficient (Wildman–Crippen LogP) is 3.66. The average Bonchev–Trinajstić information content (AvgIpc) is 3.30. The van der Waals surface area contributed by atoms with E-state index in [0.717, 1.165) is 23.5 Å². The van der Waals surface area contributed by atoms with Gasteiger partial charge in [-0.1, -0.05) is 0 Å². The Hall–Kier alpha value is -3.69. The van der Waals surface area contributed by atoms with Crippen LogP contribution in [0.5, 0.6) is 0 Å². The van der Waals surface area contributed by atoms with Crippen LogP contribution in [0, 0.1) is 0 Å². The second kappa shape index (κ2) is 10.6. The molecule has 1 atom stereocenters. The SMILES string of the molecule is CC(Cc1cc(C(=O)N2CCN(c3ncc(C(F)(F)F)cn3)CC2)cs1)Nc1cn[nH]c(=O)c1C(F)(F)F. The van der Waals surface area contributed by atoms with Crippen LogP contribution < -0.4 is 15.8 Å². The molecule has 0 aliphatic carbocycles. The van der Waals surface area contributed by atoms with Crippen molar-refractivity contribution < 1.29 is 31.1 Å². The molecule has 3 aromatic heterocycles. The van der Waals surface area contributed by atoms with Crippen LogP contribution >= 0.6 is 11.3 Å². The van der Waals surface area contributed by atoms with E-state index in [9.17, 15) is 35.9 Å². The molecule has 1 aliphatic rings. The van der Waals surface area contributed by atoms with Crippen LogP contribution in [-0.2, 0) is 18.8 Å². The van der Waals surface area contributed by atoms with Crippen LogP contribution in [0.4, 0.5) is 38.0 Å². The highest BCUT2D eigenvalue weighted by Gasteiger charge is 2.37. The van der Waals surface area contributed by atoms with Gasteiger partial charge >= 0.3 is 12.4 Å². The number of carbonyl (C=O) groups excluding carboxylic acids is 1. The van der Waals surface area contributed by atoms with Gasteiger partial charge in [0.05, 0.1) is 23.0 Å². The fourth-order valence-electron chi connectivity index (χ4n) is 3.93. The van der Waals surface area contributed by atoms with Gasteiger partial charge in [0.1, 0.15) is 5.56 Å². The molecule has 1 aliphatic heterocycles. The van der Waals surface area contributed by atoms with Gasteiger partial charge in [0.25, 0.3) is 11.5 Å². The van der Waals surface area contributed by atoms with Crippen molar-refractivity contribution in [2.75, 3.05) is 36.4 Å². The highest BCUT2D eigenvalue weighted by atomic mass is 32.1. The van der Waals surface area contributed by atoms with Crippen molar-refractivity contribution in [1.29, 1.82) is 0 Å². The Morgan fingerprint density at radius 2 is 1.74 bits per heavy atom. The van der Waals surface area contributed by atoms with Gasteiger partial charge in [-0.25, -0.2) is 15.1 Å². The molecule has 1 saturated heterocycles. The summed E-state index contributed by atoms with van der Waals surface area (Å²) in [5.74, 6) is -0.0899. The number of aromatic amines is 1. The molecule has 38 heavy (non-hydrogen) atoms. The van der Waals surface area contributed by atoms with Crippen LogP contribution in [0.25, 0.3) is 0 Å². The van der Waals surface area contributed by atoms with E-state index in [2.05, 4.69) is 20.4 Å². The lowest BCUT2D eigenvalue weighted by Gasteiger charge is -2.34. The molecule has 0 bridgehead atoms. The first-order chi connectivity index (χ1) is 17.8. The number of piperazine rings is 1. The molecule has 1 unspecified atom stereocenters. The molecule has 0 aromatic carbocycles. The normalized spacial score (nSPS) is 15.4. The van der Waals surface area contributed by atoms with Crippen molar-refractivity contribution in [3.8, 4) is 0 Å². The summed E-state index contributed by atoms with van der Waals surface area (Å²) in [6.45, 7) is 2.93. The Morgan fingerprint density at radius 3 is 2.34 bits per heavy atom. The Labute approximate surface area is 215 Å². The monoisotopic (exact) mass is 561 g/mol. The maximum absolute atomic E-state index is 13.3. The van der Waals surface area contributed by atoms with Gasteiger partial charge < -0.3 is 15.1 Å². The first kappa shape index (κ1) is 27.3. The molecule has 1 fully saturated rings. The molecular formula is C22H21F6N7O2S. The number of anilines is 2. The van der Waals surface area contributed by atoms with Gasteiger partial charge in [0, 0.05) is 61.3 Å². The predicted molar refractivity (Wildman–Crippen MR) is 126 cm³/mol. The summed E-state index contributed by atoms with van der Waals surface area (Å²) in [6.07, 6.45) is -6.75. The van der Waals surface area contributed by atoms with Gasteiger partial charge in [0.15, 0.2) is 0 Å². The zero-order valence-corrected chi connectivity index (χ0v) is 20.5. The summed E-state index contributed by atoms with van der Waals surface area (Å²) in [5, 5.41) is 9.54. The zero-order valence-electron chi connectivity index (χ0n) is 19.7. The van der Waals surface area contributed by atoms with E-state index >= 15 is 0 Å². The maximum Gasteiger partial charge on any atom is 0.423 e. The molecule has 0 radical (unpaired) electrons. The van der Waals surface area contributed by atoms with Crippen molar-refractivity contribution in [3.63, 3.8) is 0 Å². The van der Waals surface area contributed by atoms with Crippen LogP contribution in [0.15, 0.2) is 34.8 Å². The summed E-state index contributed by atoms with van der Waals surface area (Å²) in [7, 11) is 0. The molecule has 0 spiro atoms. The molecule has 0 saturated carbocycles. The summed E-state index contributed by atoms with van der Waals surface area (Å²) < 4.78 is 77.9. The van der Waals surface area contributed by atoms with Crippen LogP contribution in [0.1, 0.15) is 33.3 Å².